The number of amides is 3. The fraction of sp³-hybridized carbons (Fsp3) is 0.320. The van der Waals surface area contributed by atoms with Crippen LogP contribution >= 0.6 is 22.6 Å². The molecule has 1 aliphatic rings. The van der Waals surface area contributed by atoms with Crippen molar-refractivity contribution in [1.29, 1.82) is 0 Å². The first kappa shape index (κ1) is 26.3. The number of nitrogens with one attached hydrogen (secondary N) is 3. The van der Waals surface area contributed by atoms with Crippen LogP contribution in [0.1, 0.15) is 37.9 Å². The second kappa shape index (κ2) is 11.9. The molecule has 0 aromatic heterocycles. The zero-order valence-electron chi connectivity index (χ0n) is 20.0. The molecular weight excluding hydrogens is 565 g/mol. The van der Waals surface area contributed by atoms with E-state index in [1.807, 2.05) is 38.1 Å². The van der Waals surface area contributed by atoms with Crippen molar-refractivity contribution in [3.63, 3.8) is 0 Å². The summed E-state index contributed by atoms with van der Waals surface area (Å²) in [6.07, 6.45) is 0. The molecule has 1 atom stereocenters. The molecule has 0 bridgehead atoms. The van der Waals surface area contributed by atoms with E-state index in [1.54, 1.807) is 26.0 Å². The molecule has 1 heterocycles. The van der Waals surface area contributed by atoms with Crippen molar-refractivity contribution in [3.05, 3.63) is 62.4 Å². The fourth-order valence-electron chi connectivity index (χ4n) is 3.55. The summed E-state index contributed by atoms with van der Waals surface area (Å²) < 4.78 is 17.5. The van der Waals surface area contributed by atoms with Crippen molar-refractivity contribution in [2.24, 2.45) is 0 Å². The third-order valence-corrected chi connectivity index (χ3v) is 5.91. The zero-order chi connectivity index (χ0) is 25.5. The molecule has 2 aromatic carbocycles. The fourth-order valence-corrected chi connectivity index (χ4v) is 4.33. The van der Waals surface area contributed by atoms with E-state index in [-0.39, 0.29) is 19.1 Å². The molecule has 0 saturated carbocycles. The Morgan fingerprint density at radius 2 is 1.77 bits per heavy atom. The highest BCUT2D eigenvalue weighted by Gasteiger charge is 2.33. The van der Waals surface area contributed by atoms with Gasteiger partial charge in [-0.3, -0.25) is 4.79 Å². The van der Waals surface area contributed by atoms with Crippen molar-refractivity contribution in [3.8, 4) is 11.5 Å². The Kier molecular flexibility index (Phi) is 8.96. The number of allylic oxidation sites excluding steroid dienone is 1. The van der Waals surface area contributed by atoms with E-state index in [9.17, 15) is 14.4 Å². The zero-order valence-corrected chi connectivity index (χ0v) is 22.1. The second-order valence-electron chi connectivity index (χ2n) is 7.76. The smallest absolute Gasteiger partial charge is 0.338 e. The number of carbonyl (C=O) groups is 3. The third kappa shape index (κ3) is 6.65. The van der Waals surface area contributed by atoms with Crippen LogP contribution in [0.3, 0.4) is 0 Å². The number of halogens is 1. The molecule has 1 aliphatic heterocycles. The van der Waals surface area contributed by atoms with Crippen LogP contribution in [0, 0.1) is 10.5 Å². The molecule has 0 unspecified atom stereocenters. The van der Waals surface area contributed by atoms with E-state index in [0.29, 0.717) is 44.2 Å². The lowest BCUT2D eigenvalue weighted by atomic mass is 9.95. The molecule has 3 rings (SSSR count). The minimum Gasteiger partial charge on any atom is -0.490 e. The largest absolute Gasteiger partial charge is 0.490 e. The molecule has 0 fully saturated rings. The first-order valence-corrected chi connectivity index (χ1v) is 12.2. The van der Waals surface area contributed by atoms with Crippen molar-refractivity contribution >= 4 is 46.2 Å². The maximum Gasteiger partial charge on any atom is 0.338 e. The van der Waals surface area contributed by atoms with Gasteiger partial charge < -0.3 is 30.2 Å². The number of hydrogen-bond acceptors (Lipinski definition) is 6. The Morgan fingerprint density at radius 1 is 1.06 bits per heavy atom. The van der Waals surface area contributed by atoms with Gasteiger partial charge in [-0.05, 0) is 80.1 Å². The van der Waals surface area contributed by atoms with Crippen molar-refractivity contribution in [2.75, 3.05) is 25.1 Å². The van der Waals surface area contributed by atoms with E-state index in [1.165, 1.54) is 0 Å². The van der Waals surface area contributed by atoms with Gasteiger partial charge >= 0.3 is 12.0 Å². The number of esters is 1. The summed E-state index contributed by atoms with van der Waals surface area (Å²) in [7, 11) is 0. The van der Waals surface area contributed by atoms with Crippen LogP contribution in [0.25, 0.3) is 0 Å². The summed E-state index contributed by atoms with van der Waals surface area (Å²) in [4.78, 5) is 37.2. The van der Waals surface area contributed by atoms with E-state index in [4.69, 9.17) is 14.2 Å². The summed E-state index contributed by atoms with van der Waals surface area (Å²) in [6, 6.07) is 9.76. The van der Waals surface area contributed by atoms with Crippen LogP contribution in [-0.4, -0.2) is 37.7 Å². The summed E-state index contributed by atoms with van der Waals surface area (Å²) in [5, 5.41) is 8.19. The van der Waals surface area contributed by atoms with E-state index < -0.39 is 18.0 Å². The SMILES string of the molecule is CCOC(=O)C1=C(C)NC(=O)N[C@H]1c1cc(I)c(OCC(=O)Nc2ccc(C)cc2)c(OCC)c1. The molecule has 0 radical (unpaired) electrons. The van der Waals surface area contributed by atoms with Crippen molar-refractivity contribution < 1.29 is 28.6 Å². The summed E-state index contributed by atoms with van der Waals surface area (Å²) in [5.74, 6) is -0.0476. The number of benzene rings is 2. The Bertz CT molecular complexity index is 1150. The molecule has 186 valence electrons. The van der Waals surface area contributed by atoms with E-state index in [0.717, 1.165) is 5.56 Å². The van der Waals surface area contributed by atoms with Crippen LogP contribution in [0.5, 0.6) is 11.5 Å². The molecule has 10 heteroatoms. The maximum absolute atomic E-state index is 12.6. The van der Waals surface area contributed by atoms with Crippen LogP contribution < -0.4 is 25.4 Å². The molecule has 35 heavy (non-hydrogen) atoms. The normalized spacial score (nSPS) is 15.1. The van der Waals surface area contributed by atoms with E-state index in [2.05, 4.69) is 38.5 Å². The van der Waals surface area contributed by atoms with Gasteiger partial charge in [0.05, 0.1) is 28.4 Å². The van der Waals surface area contributed by atoms with Gasteiger partial charge in [-0.1, -0.05) is 17.7 Å². The molecule has 2 aromatic rings. The number of anilines is 1. The monoisotopic (exact) mass is 593 g/mol. The van der Waals surface area contributed by atoms with Gasteiger partial charge in [0.2, 0.25) is 0 Å². The summed E-state index contributed by atoms with van der Waals surface area (Å²) in [5.41, 5.74) is 3.10. The highest BCUT2D eigenvalue weighted by molar-refractivity contribution is 14.1. The molecule has 3 N–H and O–H groups in total. The van der Waals surface area contributed by atoms with Gasteiger partial charge in [0.15, 0.2) is 18.1 Å². The van der Waals surface area contributed by atoms with Gasteiger partial charge in [-0.25, -0.2) is 9.59 Å². The predicted molar refractivity (Wildman–Crippen MR) is 139 cm³/mol. The minimum absolute atomic E-state index is 0.204. The Labute approximate surface area is 217 Å². The van der Waals surface area contributed by atoms with Crippen LogP contribution in [-0.2, 0) is 14.3 Å². The first-order chi connectivity index (χ1) is 16.7. The molecule has 9 nitrogen and oxygen atoms in total. The van der Waals surface area contributed by atoms with Gasteiger partial charge in [-0.2, -0.15) is 0 Å². The standard InChI is InChI=1S/C25H28IN3O6/c1-5-33-19-12-16(22-21(24(31)34-6-2)15(4)27-25(32)29-22)11-18(26)23(19)35-13-20(30)28-17-9-7-14(3)8-10-17/h7-12,22H,5-6,13H2,1-4H3,(H,28,30)(H2,27,29,32)/t22-/m0/s1. The maximum atomic E-state index is 12.6. The molecule has 0 aliphatic carbocycles. The molecule has 0 saturated heterocycles. The topological polar surface area (TPSA) is 115 Å². The highest BCUT2D eigenvalue weighted by Crippen LogP contribution is 2.38. The van der Waals surface area contributed by atoms with Gasteiger partial charge in [0, 0.05) is 11.4 Å². The van der Waals surface area contributed by atoms with Crippen LogP contribution in [0.2, 0.25) is 0 Å². The molecule has 0 spiro atoms. The number of urea groups is 1. The average Bonchev–Trinajstić information content (AvgIpc) is 2.79. The van der Waals surface area contributed by atoms with Gasteiger partial charge in [-0.15, -0.1) is 0 Å². The number of carbonyl (C=O) groups excluding carboxylic acids is 3. The Hall–Kier alpha value is -3.28. The predicted octanol–water partition coefficient (Wildman–Crippen LogP) is 4.21. The van der Waals surface area contributed by atoms with Crippen LogP contribution in [0.15, 0.2) is 47.7 Å². The number of ether oxygens (including phenoxy) is 3. The minimum atomic E-state index is -0.741. The lowest BCUT2D eigenvalue weighted by Crippen LogP contribution is -2.45. The molecule has 3 amide bonds. The summed E-state index contributed by atoms with van der Waals surface area (Å²) >= 11 is 2.08. The quantitative estimate of drug-likeness (QED) is 0.297. The Morgan fingerprint density at radius 3 is 2.43 bits per heavy atom. The highest BCUT2D eigenvalue weighted by atomic mass is 127. The van der Waals surface area contributed by atoms with Gasteiger partial charge in [0.25, 0.3) is 5.91 Å². The lowest BCUT2D eigenvalue weighted by Gasteiger charge is -2.28. The van der Waals surface area contributed by atoms with Crippen LogP contribution in [0.4, 0.5) is 10.5 Å². The third-order valence-electron chi connectivity index (χ3n) is 5.11. The second-order valence-corrected chi connectivity index (χ2v) is 8.92. The average molecular weight is 593 g/mol. The lowest BCUT2D eigenvalue weighted by molar-refractivity contribution is -0.139. The van der Waals surface area contributed by atoms with Crippen molar-refractivity contribution in [1.82, 2.24) is 10.6 Å². The molecular formula is C25H28IN3O6. The summed E-state index contributed by atoms with van der Waals surface area (Å²) in [6.45, 7) is 7.50. The van der Waals surface area contributed by atoms with Gasteiger partial charge in [0.1, 0.15) is 0 Å². The number of aryl methyl sites for hydroxylation is 1. The van der Waals surface area contributed by atoms with Crippen molar-refractivity contribution in [2.45, 2.75) is 33.7 Å². The Balaban J connectivity index is 1.86. The first-order valence-electron chi connectivity index (χ1n) is 11.1. The number of hydrogen-bond donors (Lipinski definition) is 3. The number of rotatable bonds is 9. The van der Waals surface area contributed by atoms with E-state index >= 15 is 0 Å².